The number of amides is 1. The SMILES string of the molecule is CC(=O)N1CC(C)NCc2ccccc21. The van der Waals surface area contributed by atoms with Crippen molar-refractivity contribution in [2.75, 3.05) is 11.4 Å². The van der Waals surface area contributed by atoms with Gasteiger partial charge in [0, 0.05) is 31.7 Å². The average Bonchev–Trinajstić information content (AvgIpc) is 2.39. The maximum Gasteiger partial charge on any atom is 0.223 e. The molecule has 2 rings (SSSR count). The molecule has 0 saturated heterocycles. The summed E-state index contributed by atoms with van der Waals surface area (Å²) < 4.78 is 0. The summed E-state index contributed by atoms with van der Waals surface area (Å²) in [5, 5.41) is 3.39. The molecule has 0 bridgehead atoms. The summed E-state index contributed by atoms with van der Waals surface area (Å²) in [6, 6.07) is 8.40. The van der Waals surface area contributed by atoms with Crippen LogP contribution in [-0.2, 0) is 11.3 Å². The fraction of sp³-hybridized carbons (Fsp3) is 0.417. The molecule has 1 N–H and O–H groups in total. The van der Waals surface area contributed by atoms with E-state index in [1.54, 1.807) is 6.92 Å². The lowest BCUT2D eigenvalue weighted by molar-refractivity contribution is -0.116. The summed E-state index contributed by atoms with van der Waals surface area (Å²) in [7, 11) is 0. The molecule has 1 aromatic carbocycles. The van der Waals surface area contributed by atoms with Gasteiger partial charge in [0.05, 0.1) is 0 Å². The lowest BCUT2D eigenvalue weighted by Crippen LogP contribution is -2.38. The van der Waals surface area contributed by atoms with Gasteiger partial charge in [-0.15, -0.1) is 0 Å². The van der Waals surface area contributed by atoms with E-state index in [4.69, 9.17) is 0 Å². The van der Waals surface area contributed by atoms with Crippen molar-refractivity contribution in [3.63, 3.8) is 0 Å². The lowest BCUT2D eigenvalue weighted by Gasteiger charge is -2.22. The molecule has 15 heavy (non-hydrogen) atoms. The van der Waals surface area contributed by atoms with Gasteiger partial charge < -0.3 is 10.2 Å². The highest BCUT2D eigenvalue weighted by Gasteiger charge is 2.20. The normalized spacial score (nSPS) is 20.7. The van der Waals surface area contributed by atoms with Crippen LogP contribution < -0.4 is 10.2 Å². The van der Waals surface area contributed by atoms with Crippen LogP contribution in [0.2, 0.25) is 0 Å². The van der Waals surface area contributed by atoms with Crippen molar-refractivity contribution in [2.24, 2.45) is 0 Å². The number of anilines is 1. The Morgan fingerprint density at radius 2 is 2.20 bits per heavy atom. The molecule has 0 saturated carbocycles. The maximum atomic E-state index is 11.6. The number of para-hydroxylation sites is 1. The summed E-state index contributed by atoms with van der Waals surface area (Å²) in [5.74, 6) is 0.109. The van der Waals surface area contributed by atoms with Crippen LogP contribution in [0.15, 0.2) is 24.3 Å². The first-order chi connectivity index (χ1) is 7.18. The third kappa shape index (κ3) is 2.02. The van der Waals surface area contributed by atoms with E-state index in [1.807, 2.05) is 23.1 Å². The second-order valence-electron chi connectivity index (χ2n) is 4.04. The van der Waals surface area contributed by atoms with Gasteiger partial charge in [-0.05, 0) is 18.6 Å². The molecule has 1 aromatic rings. The second kappa shape index (κ2) is 4.03. The number of carbonyl (C=O) groups is 1. The van der Waals surface area contributed by atoms with Gasteiger partial charge in [0.25, 0.3) is 0 Å². The fourth-order valence-electron chi connectivity index (χ4n) is 1.94. The zero-order chi connectivity index (χ0) is 10.8. The summed E-state index contributed by atoms with van der Waals surface area (Å²) in [4.78, 5) is 13.4. The zero-order valence-corrected chi connectivity index (χ0v) is 9.16. The van der Waals surface area contributed by atoms with E-state index in [9.17, 15) is 4.79 Å². The van der Waals surface area contributed by atoms with E-state index in [0.717, 1.165) is 18.8 Å². The highest BCUT2D eigenvalue weighted by atomic mass is 16.2. The van der Waals surface area contributed by atoms with Crippen molar-refractivity contribution in [3.05, 3.63) is 29.8 Å². The van der Waals surface area contributed by atoms with Crippen molar-refractivity contribution < 1.29 is 4.79 Å². The number of rotatable bonds is 0. The molecule has 1 aliphatic rings. The van der Waals surface area contributed by atoms with E-state index in [1.165, 1.54) is 5.56 Å². The predicted octanol–water partition coefficient (Wildman–Crippen LogP) is 1.53. The minimum absolute atomic E-state index is 0.109. The highest BCUT2D eigenvalue weighted by Crippen LogP contribution is 2.23. The molecule has 0 fully saturated rings. The average molecular weight is 204 g/mol. The third-order valence-electron chi connectivity index (χ3n) is 2.76. The molecule has 0 aromatic heterocycles. The van der Waals surface area contributed by atoms with Crippen LogP contribution in [0.3, 0.4) is 0 Å². The zero-order valence-electron chi connectivity index (χ0n) is 9.16. The molecular weight excluding hydrogens is 188 g/mol. The van der Waals surface area contributed by atoms with Gasteiger partial charge in [-0.1, -0.05) is 18.2 Å². The summed E-state index contributed by atoms with van der Waals surface area (Å²) in [6.45, 7) is 5.30. The molecule has 3 nitrogen and oxygen atoms in total. The second-order valence-corrected chi connectivity index (χ2v) is 4.04. The fourth-order valence-corrected chi connectivity index (χ4v) is 1.94. The maximum absolute atomic E-state index is 11.6. The van der Waals surface area contributed by atoms with Gasteiger partial charge in [-0.2, -0.15) is 0 Å². The summed E-state index contributed by atoms with van der Waals surface area (Å²) in [5.41, 5.74) is 2.24. The third-order valence-corrected chi connectivity index (χ3v) is 2.76. The van der Waals surface area contributed by atoms with E-state index in [0.29, 0.717) is 6.04 Å². The Hall–Kier alpha value is -1.35. The number of hydrogen-bond acceptors (Lipinski definition) is 2. The van der Waals surface area contributed by atoms with E-state index >= 15 is 0 Å². The molecule has 1 aliphatic heterocycles. The van der Waals surface area contributed by atoms with Gasteiger partial charge in [0.1, 0.15) is 0 Å². The minimum Gasteiger partial charge on any atom is -0.311 e. The van der Waals surface area contributed by atoms with Crippen molar-refractivity contribution >= 4 is 11.6 Å². The Morgan fingerprint density at radius 1 is 1.47 bits per heavy atom. The van der Waals surface area contributed by atoms with Gasteiger partial charge in [0.15, 0.2) is 0 Å². The smallest absolute Gasteiger partial charge is 0.223 e. The number of hydrogen-bond donors (Lipinski definition) is 1. The molecule has 0 spiro atoms. The molecule has 80 valence electrons. The summed E-state index contributed by atoms with van der Waals surface area (Å²) in [6.07, 6.45) is 0. The van der Waals surface area contributed by atoms with Crippen molar-refractivity contribution in [1.82, 2.24) is 5.32 Å². The summed E-state index contributed by atoms with van der Waals surface area (Å²) >= 11 is 0. The van der Waals surface area contributed by atoms with Gasteiger partial charge in [0.2, 0.25) is 5.91 Å². The van der Waals surface area contributed by atoms with Crippen molar-refractivity contribution in [1.29, 1.82) is 0 Å². The van der Waals surface area contributed by atoms with E-state index in [2.05, 4.69) is 18.3 Å². The molecule has 1 heterocycles. The standard InChI is InChI=1S/C12H16N2O/c1-9-8-14(10(2)15)12-6-4-3-5-11(12)7-13-9/h3-6,9,13H,7-8H2,1-2H3. The Bertz CT molecular complexity index is 376. The first kappa shape index (κ1) is 10.2. The van der Waals surface area contributed by atoms with Crippen LogP contribution in [-0.4, -0.2) is 18.5 Å². The van der Waals surface area contributed by atoms with Gasteiger partial charge in [-0.3, -0.25) is 4.79 Å². The predicted molar refractivity (Wildman–Crippen MR) is 60.8 cm³/mol. The number of fused-ring (bicyclic) bond motifs is 1. The van der Waals surface area contributed by atoms with Crippen LogP contribution in [0.5, 0.6) is 0 Å². The molecule has 1 unspecified atom stereocenters. The van der Waals surface area contributed by atoms with Crippen LogP contribution in [0.25, 0.3) is 0 Å². The van der Waals surface area contributed by atoms with Crippen molar-refractivity contribution in [3.8, 4) is 0 Å². The minimum atomic E-state index is 0.109. The van der Waals surface area contributed by atoms with Gasteiger partial charge in [-0.25, -0.2) is 0 Å². The Balaban J connectivity index is 2.41. The molecular formula is C12H16N2O. The van der Waals surface area contributed by atoms with Crippen molar-refractivity contribution in [2.45, 2.75) is 26.4 Å². The monoisotopic (exact) mass is 204 g/mol. The number of benzene rings is 1. The first-order valence-corrected chi connectivity index (χ1v) is 5.28. The first-order valence-electron chi connectivity index (χ1n) is 5.28. The van der Waals surface area contributed by atoms with Crippen LogP contribution in [0.1, 0.15) is 19.4 Å². The molecule has 1 atom stereocenters. The topological polar surface area (TPSA) is 32.3 Å². The molecule has 0 aliphatic carbocycles. The molecule has 0 radical (unpaired) electrons. The lowest BCUT2D eigenvalue weighted by atomic mass is 10.1. The van der Waals surface area contributed by atoms with E-state index in [-0.39, 0.29) is 5.91 Å². The number of nitrogens with zero attached hydrogens (tertiary/aromatic N) is 1. The highest BCUT2D eigenvalue weighted by molar-refractivity contribution is 5.92. The molecule has 1 amide bonds. The Morgan fingerprint density at radius 3 is 2.93 bits per heavy atom. The molecule has 3 heteroatoms. The van der Waals surface area contributed by atoms with Crippen LogP contribution >= 0.6 is 0 Å². The Kier molecular flexibility index (Phi) is 2.73. The Labute approximate surface area is 90.1 Å². The van der Waals surface area contributed by atoms with E-state index < -0.39 is 0 Å². The quantitative estimate of drug-likeness (QED) is 0.695. The number of nitrogens with one attached hydrogen (secondary N) is 1. The van der Waals surface area contributed by atoms with Crippen LogP contribution in [0.4, 0.5) is 5.69 Å². The largest absolute Gasteiger partial charge is 0.311 e. The van der Waals surface area contributed by atoms with Gasteiger partial charge >= 0.3 is 0 Å². The van der Waals surface area contributed by atoms with Crippen LogP contribution in [0, 0.1) is 0 Å². The number of carbonyl (C=O) groups excluding carboxylic acids is 1.